The minimum Gasteiger partial charge on any atom is -0.379 e. The minimum atomic E-state index is -0.542. The zero-order valence-electron chi connectivity index (χ0n) is 89.5. The Balaban J connectivity index is -0.000000404. The van der Waals surface area contributed by atoms with Gasteiger partial charge in [-0.25, -0.2) is 0 Å². The Morgan fingerprint density at radius 3 is 1.26 bits per heavy atom. The van der Waals surface area contributed by atoms with Crippen LogP contribution in [0, 0.1) is 112 Å². The van der Waals surface area contributed by atoms with Crippen LogP contribution in [-0.2, 0) is 19.1 Å². The number of unbranched alkanes of at least 4 members (excludes halogenated alkanes) is 1. The van der Waals surface area contributed by atoms with E-state index in [2.05, 4.69) is 297 Å². The molecule has 120 heavy (non-hydrogen) atoms. The largest absolute Gasteiger partial charge is 0.379 e. The maximum Gasteiger partial charge on any atom is 0.219 e. The van der Waals surface area contributed by atoms with E-state index in [1.165, 1.54) is 160 Å². The average molecular weight is 1690 g/mol. The standard InChI is InChI=1S/C10H19NO.C9H17NO.C9H18.C9H16.C9H12.C8H17N.C8H15N.C8H14O.C8H18.C7H15NO.C7H16.C7H12.C6H14.C5H13N/c1-8(2)10-4-6-11(7-5-10)9(3)12;1-8(2)9-3-5-10(7-11)6-4-9;3*1-8(2)9-6-4-3-5-7-9;3*1-7(2)8-3-5-9-6-4-8;1-5-8(6-2)7(3)4;1-7(2)8-3-5-9-6-4-8;2*1-4-5-6-7(2)3;2*1-5(2)6(3)4/h8,10H,4-7H2,1-3H3;7-9H,3-6H2,1-2H3;8-9H,3-7H2,1-2H3;6,8H,3-5,7H2,1-2H3;3-8H,1-2H3;7-9H,3-6H2,1-2H3;3,7,9H,4-6H2,1-2H3;3,7H,4-6H2,1-2H3;7-8H,5-6H2,1-4H3;7H,3-6H2,1-2H3;7H,4-6H2,1-3H3;7H,4H2,1-3H3;5-6H,1-4H3;5H,1-4H3/i;;;;;;;;;;;;1D,5D;. The fourth-order valence-electron chi connectivity index (χ4n) is 14.6. The van der Waals surface area contributed by atoms with Gasteiger partial charge in [0.25, 0.3) is 0 Å². The molecule has 1 aromatic carbocycles. The Hall–Kier alpha value is -3.30. The average Bonchev–Trinajstić information content (AvgIpc) is 0.887. The maximum absolute atomic E-state index is 11.0. The number of carbonyl (C=O) groups is 2. The van der Waals surface area contributed by atoms with Crippen molar-refractivity contribution in [3.05, 3.63) is 70.8 Å². The van der Waals surface area contributed by atoms with E-state index in [0.29, 0.717) is 35.8 Å². The van der Waals surface area contributed by atoms with Crippen molar-refractivity contribution < 1.29 is 21.8 Å². The highest BCUT2D eigenvalue weighted by molar-refractivity contribution is 5.73. The van der Waals surface area contributed by atoms with E-state index in [9.17, 15) is 9.59 Å². The van der Waals surface area contributed by atoms with Gasteiger partial charge >= 0.3 is 0 Å². The fraction of sp³-hybridized carbons (Fsp3) is 0.855. The second kappa shape index (κ2) is 82.7. The van der Waals surface area contributed by atoms with Crippen LogP contribution in [0.1, 0.15) is 404 Å². The SMILES string of the molecule is CC(=O)N1CCC(C(C)C)CC1.CC(C)C1=CCCCC1.CC(C)C1=CCNCC1.CC(C)C1=CCOCC1.CC(C)C1CCCCC1.CC(C)C1CCN(C=O)CC1.CC(C)C1CCNCC1.CC(C)N(C)C.CC(C)N1CCOCC1.CC(C)c1ccccc1.CCC#CC(C)C.CCC(CC)C(C)C.CCCCC(C)C.[2H]CC([2H])(C)C(C)C. The van der Waals surface area contributed by atoms with Crippen LogP contribution in [-0.4, -0.2) is 150 Å². The van der Waals surface area contributed by atoms with Crippen LogP contribution in [0.3, 0.4) is 0 Å². The number of ether oxygens (including phenoxy) is 2. The Bertz CT molecular complexity index is 2460. The van der Waals surface area contributed by atoms with E-state index >= 15 is 0 Å². The summed E-state index contributed by atoms with van der Waals surface area (Å²) in [7, 11) is 4.15. The van der Waals surface area contributed by atoms with Crippen LogP contribution in [0.15, 0.2) is 65.3 Å². The monoisotopic (exact) mass is 1690 g/mol. The Labute approximate surface area is 757 Å². The second-order valence-electron chi connectivity index (χ2n) is 40.2. The molecule has 5 fully saturated rings. The number of carbonyl (C=O) groups excluding carboxylic acids is 2. The van der Waals surface area contributed by atoms with E-state index in [1.807, 2.05) is 29.7 Å². The molecule has 0 bridgehead atoms. The molecule has 1 atom stereocenters. The van der Waals surface area contributed by atoms with Crippen molar-refractivity contribution in [1.29, 1.82) is 0 Å². The summed E-state index contributed by atoms with van der Waals surface area (Å²) in [4.78, 5) is 29.8. The normalized spacial score (nSPS) is 18.0. The molecule has 6 aliphatic heterocycles. The number of piperidine rings is 3. The van der Waals surface area contributed by atoms with Crippen molar-refractivity contribution in [2.24, 2.45) is 101 Å². The molecule has 10 nitrogen and oxygen atoms in total. The molecule has 1 saturated carbocycles. The number of morpholine rings is 1. The zero-order valence-corrected chi connectivity index (χ0v) is 87.5. The molecule has 2 aliphatic carbocycles. The number of allylic oxidation sites excluding steroid dienone is 2. The zero-order chi connectivity index (χ0) is 94.1. The number of rotatable bonds is 18. The molecule has 6 heterocycles. The fourth-order valence-corrected chi connectivity index (χ4v) is 14.6. The van der Waals surface area contributed by atoms with Gasteiger partial charge in [-0.1, -0.05) is 337 Å². The van der Waals surface area contributed by atoms with Crippen LogP contribution in [0.25, 0.3) is 0 Å². The van der Waals surface area contributed by atoms with Crippen LogP contribution >= 0.6 is 0 Å². The van der Waals surface area contributed by atoms with Gasteiger partial charge in [0.2, 0.25) is 12.3 Å². The molecule has 4 saturated heterocycles. The van der Waals surface area contributed by atoms with Gasteiger partial charge < -0.3 is 34.8 Å². The molecule has 1 unspecified atom stereocenters. The van der Waals surface area contributed by atoms with Gasteiger partial charge in [-0.15, -0.1) is 11.8 Å². The summed E-state index contributed by atoms with van der Waals surface area (Å²) < 4.78 is 24.8. The van der Waals surface area contributed by atoms with Crippen LogP contribution in [0.2, 0.25) is 0 Å². The number of nitrogens with zero attached hydrogens (tertiary/aromatic N) is 4. The van der Waals surface area contributed by atoms with E-state index in [1.54, 1.807) is 30.6 Å². The summed E-state index contributed by atoms with van der Waals surface area (Å²) in [5, 5.41) is 6.66. The van der Waals surface area contributed by atoms with Gasteiger partial charge in [-0.05, 0) is 245 Å². The summed E-state index contributed by atoms with van der Waals surface area (Å²) in [6, 6.07) is 11.9. The van der Waals surface area contributed by atoms with Crippen LogP contribution < -0.4 is 10.6 Å². The Kier molecular flexibility index (Phi) is 83.2. The van der Waals surface area contributed by atoms with Gasteiger partial charge in [0.15, 0.2) is 0 Å². The molecule has 2 amide bonds. The number of hydrogen-bond acceptors (Lipinski definition) is 8. The smallest absolute Gasteiger partial charge is 0.219 e. The third-order valence-corrected chi connectivity index (χ3v) is 25.1. The third kappa shape index (κ3) is 77.1. The molecule has 1 aromatic rings. The molecule has 0 spiro atoms. The lowest BCUT2D eigenvalue weighted by molar-refractivity contribution is -0.130. The third-order valence-electron chi connectivity index (χ3n) is 25.1. The molecule has 2 N–H and O–H groups in total. The topological polar surface area (TPSA) is 89.6 Å². The van der Waals surface area contributed by atoms with E-state index in [-0.39, 0.29) is 12.8 Å². The first-order valence-corrected chi connectivity index (χ1v) is 50.2. The summed E-state index contributed by atoms with van der Waals surface area (Å²) in [6.07, 6.45) is 38.6. The summed E-state index contributed by atoms with van der Waals surface area (Å²) in [5.41, 5.74) is 6.27. The molecular formula is C110H216N6O4. The first-order chi connectivity index (χ1) is 57.4. The van der Waals surface area contributed by atoms with E-state index in [0.717, 1.165) is 168 Å². The molecule has 9 rings (SSSR count). The van der Waals surface area contributed by atoms with E-state index in [4.69, 9.17) is 12.2 Å². The van der Waals surface area contributed by atoms with Gasteiger partial charge in [0.05, 0.1) is 26.4 Å². The summed E-state index contributed by atoms with van der Waals surface area (Å²) >= 11 is 0. The second-order valence-corrected chi connectivity index (χ2v) is 40.2. The highest BCUT2D eigenvalue weighted by Gasteiger charge is 2.24. The molecular weight excluding hydrogens is 1470 g/mol. The Morgan fingerprint density at radius 2 is 1.01 bits per heavy atom. The lowest BCUT2D eigenvalue weighted by Gasteiger charge is -2.33. The number of likely N-dealkylation sites (tertiary alicyclic amines) is 2. The van der Waals surface area contributed by atoms with Crippen molar-refractivity contribution in [3.8, 4) is 11.8 Å². The molecule has 10 heteroatoms. The molecule has 710 valence electrons. The van der Waals surface area contributed by atoms with Crippen molar-refractivity contribution in [2.75, 3.05) is 106 Å². The molecule has 0 radical (unpaired) electrons. The number of nitrogens with one attached hydrogen (secondary N) is 2. The predicted molar refractivity (Wildman–Crippen MR) is 540 cm³/mol. The van der Waals surface area contributed by atoms with Gasteiger partial charge in [0.1, 0.15) is 0 Å². The van der Waals surface area contributed by atoms with Gasteiger partial charge in [0, 0.05) is 79.9 Å². The highest BCUT2D eigenvalue weighted by Crippen LogP contribution is 2.30. The number of amides is 2. The van der Waals surface area contributed by atoms with Crippen LogP contribution in [0.5, 0.6) is 0 Å². The van der Waals surface area contributed by atoms with Crippen LogP contribution in [0.4, 0.5) is 0 Å². The maximum atomic E-state index is 11.0. The predicted octanol–water partition coefficient (Wildman–Crippen LogP) is 29.7. The molecule has 8 aliphatic rings. The Morgan fingerprint density at radius 1 is 0.533 bits per heavy atom. The van der Waals surface area contributed by atoms with Crippen molar-refractivity contribution in [1.82, 2.24) is 30.2 Å². The first kappa shape index (κ1) is 121. The lowest BCUT2D eigenvalue weighted by Crippen LogP contribution is -2.40. The first-order valence-electron chi connectivity index (χ1n) is 51.4. The summed E-state index contributed by atoms with van der Waals surface area (Å²) in [6.45, 7) is 89.4. The molecule has 0 aromatic heterocycles. The minimum absolute atomic E-state index is 0.199. The van der Waals surface area contributed by atoms with Gasteiger partial charge in [-0.3, -0.25) is 14.5 Å². The highest BCUT2D eigenvalue weighted by atomic mass is 16.5. The van der Waals surface area contributed by atoms with Crippen molar-refractivity contribution in [3.63, 3.8) is 0 Å². The number of benzene rings is 1. The number of hydrogen-bond donors (Lipinski definition) is 2. The van der Waals surface area contributed by atoms with Crippen molar-refractivity contribution in [2.45, 2.75) is 408 Å². The van der Waals surface area contributed by atoms with E-state index < -0.39 is 5.89 Å². The summed E-state index contributed by atoms with van der Waals surface area (Å²) in [5.74, 6) is 19.3. The quantitative estimate of drug-likeness (QED) is 0.0854. The van der Waals surface area contributed by atoms with Crippen molar-refractivity contribution >= 4 is 12.3 Å². The lowest BCUT2D eigenvalue weighted by atomic mass is 9.82. The van der Waals surface area contributed by atoms with Gasteiger partial charge in [-0.2, -0.15) is 0 Å².